The summed E-state index contributed by atoms with van der Waals surface area (Å²) in [4.78, 5) is 25.2. The molecule has 0 fully saturated rings. The van der Waals surface area contributed by atoms with Crippen LogP contribution in [0.25, 0.3) is 11.0 Å². The minimum absolute atomic E-state index is 0.0462. The quantitative estimate of drug-likeness (QED) is 0.380. The maximum Gasteiger partial charge on any atom is 0.255 e. The summed E-state index contributed by atoms with van der Waals surface area (Å²) in [6.45, 7) is 1.97. The first kappa shape index (κ1) is 23.5. The van der Waals surface area contributed by atoms with Gasteiger partial charge in [-0.3, -0.25) is 9.59 Å². The highest BCUT2D eigenvalue weighted by Gasteiger charge is 2.15. The van der Waals surface area contributed by atoms with Gasteiger partial charge in [-0.05, 0) is 55.0 Å². The predicted octanol–water partition coefficient (Wildman–Crippen LogP) is 5.23. The van der Waals surface area contributed by atoms with Gasteiger partial charge in [0.05, 0.1) is 28.3 Å². The van der Waals surface area contributed by atoms with E-state index < -0.39 is 15.7 Å². The molecule has 0 aliphatic carbocycles. The molecule has 0 bridgehead atoms. The van der Waals surface area contributed by atoms with Crippen LogP contribution in [0.4, 0.5) is 11.4 Å². The highest BCUT2D eigenvalue weighted by molar-refractivity contribution is 7.90. The molecule has 1 aromatic heterocycles. The lowest BCUT2D eigenvalue weighted by molar-refractivity contribution is -0.115. The third-order valence-corrected chi connectivity index (χ3v) is 6.61. The lowest BCUT2D eigenvalue weighted by Crippen LogP contribution is -2.15. The van der Waals surface area contributed by atoms with Crippen LogP contribution in [0.3, 0.4) is 0 Å². The molecule has 0 unspecified atom stereocenters. The summed E-state index contributed by atoms with van der Waals surface area (Å²) in [5.74, 6) is -0.750. The van der Waals surface area contributed by atoms with Crippen LogP contribution in [0.5, 0.6) is 0 Å². The largest absolute Gasteiger partial charge is 0.464 e. The van der Waals surface area contributed by atoms with Gasteiger partial charge in [0.25, 0.3) is 5.91 Å². The highest BCUT2D eigenvalue weighted by atomic mass is 35.5. The predicted molar refractivity (Wildman–Crippen MR) is 132 cm³/mol. The zero-order valence-electron chi connectivity index (χ0n) is 18.4. The summed E-state index contributed by atoms with van der Waals surface area (Å²) in [6, 6.07) is 16.2. The van der Waals surface area contributed by atoms with Crippen LogP contribution in [0.15, 0.2) is 76.2 Å². The number of rotatable bonds is 6. The van der Waals surface area contributed by atoms with Crippen molar-refractivity contribution >= 4 is 55.6 Å². The minimum Gasteiger partial charge on any atom is -0.464 e. The number of amides is 2. The molecule has 2 amide bonds. The van der Waals surface area contributed by atoms with Crippen molar-refractivity contribution in [1.29, 1.82) is 0 Å². The number of carbonyl (C=O) groups excluding carboxylic acids is 2. The van der Waals surface area contributed by atoms with Gasteiger partial charge in [-0.15, -0.1) is 0 Å². The van der Waals surface area contributed by atoms with E-state index in [1.54, 1.807) is 18.4 Å². The molecule has 0 radical (unpaired) electrons. The Labute approximate surface area is 201 Å². The van der Waals surface area contributed by atoms with Crippen LogP contribution in [-0.2, 0) is 21.1 Å². The average Bonchev–Trinajstić information content (AvgIpc) is 3.16. The molecule has 2 N–H and O–H groups in total. The van der Waals surface area contributed by atoms with Gasteiger partial charge in [0.15, 0.2) is 9.84 Å². The Morgan fingerprint density at radius 2 is 1.79 bits per heavy atom. The molecule has 0 atom stereocenters. The van der Waals surface area contributed by atoms with Crippen LogP contribution < -0.4 is 10.6 Å². The van der Waals surface area contributed by atoms with Crippen molar-refractivity contribution in [2.45, 2.75) is 18.2 Å². The Kier molecular flexibility index (Phi) is 6.45. The molecule has 34 heavy (non-hydrogen) atoms. The number of aryl methyl sites for hydroxylation is 1. The topological polar surface area (TPSA) is 105 Å². The van der Waals surface area contributed by atoms with Crippen LogP contribution >= 0.6 is 11.6 Å². The summed E-state index contributed by atoms with van der Waals surface area (Å²) < 4.78 is 29.0. The monoisotopic (exact) mass is 496 g/mol. The molecule has 3 aromatic carbocycles. The highest BCUT2D eigenvalue weighted by Crippen LogP contribution is 2.27. The Hall–Kier alpha value is -3.62. The van der Waals surface area contributed by atoms with E-state index in [4.69, 9.17) is 16.0 Å². The van der Waals surface area contributed by atoms with Crippen LogP contribution in [0, 0.1) is 6.92 Å². The third-order valence-electron chi connectivity index (χ3n) is 5.19. The second-order valence-corrected chi connectivity index (χ2v) is 10.4. The van der Waals surface area contributed by atoms with E-state index in [1.165, 1.54) is 30.3 Å². The fourth-order valence-corrected chi connectivity index (χ4v) is 4.36. The summed E-state index contributed by atoms with van der Waals surface area (Å²) in [5, 5.41) is 6.55. The summed E-state index contributed by atoms with van der Waals surface area (Å²) in [6.07, 6.45) is 2.78. The van der Waals surface area contributed by atoms with Gasteiger partial charge in [0, 0.05) is 28.5 Å². The number of furan rings is 1. The maximum absolute atomic E-state index is 12.6. The second kappa shape index (κ2) is 9.32. The van der Waals surface area contributed by atoms with Gasteiger partial charge in [-0.2, -0.15) is 0 Å². The molecule has 1 heterocycles. The number of sulfone groups is 1. The van der Waals surface area contributed by atoms with Crippen molar-refractivity contribution in [1.82, 2.24) is 0 Å². The van der Waals surface area contributed by atoms with E-state index in [2.05, 4.69) is 10.6 Å². The molecule has 174 valence electrons. The molecule has 7 nitrogen and oxygen atoms in total. The van der Waals surface area contributed by atoms with Crippen molar-refractivity contribution in [3.8, 4) is 0 Å². The first-order valence-electron chi connectivity index (χ1n) is 10.3. The second-order valence-electron chi connectivity index (χ2n) is 7.93. The van der Waals surface area contributed by atoms with Gasteiger partial charge in [-0.1, -0.05) is 29.8 Å². The van der Waals surface area contributed by atoms with Gasteiger partial charge < -0.3 is 15.1 Å². The molecular weight excluding hydrogens is 476 g/mol. The van der Waals surface area contributed by atoms with Gasteiger partial charge in [0.2, 0.25) is 5.91 Å². The van der Waals surface area contributed by atoms with Crippen molar-refractivity contribution in [3.63, 3.8) is 0 Å². The fourth-order valence-electron chi connectivity index (χ4n) is 3.46. The van der Waals surface area contributed by atoms with E-state index in [0.29, 0.717) is 11.4 Å². The van der Waals surface area contributed by atoms with Crippen LogP contribution in [-0.4, -0.2) is 26.5 Å². The summed E-state index contributed by atoms with van der Waals surface area (Å²) in [7, 11) is -3.44. The number of halogens is 1. The minimum atomic E-state index is -3.44. The molecule has 9 heteroatoms. The Morgan fingerprint density at radius 3 is 2.53 bits per heavy atom. The third kappa shape index (κ3) is 5.30. The molecule has 0 aliphatic rings. The zero-order valence-corrected chi connectivity index (χ0v) is 20.0. The molecule has 0 saturated heterocycles. The number of anilines is 2. The Balaban J connectivity index is 1.43. The molecular formula is C25H21ClN2O5S. The van der Waals surface area contributed by atoms with Crippen molar-refractivity contribution < 1.29 is 22.4 Å². The zero-order chi connectivity index (χ0) is 24.5. The number of nitrogens with one attached hydrogen (secondary N) is 2. The number of fused-ring (bicyclic) bond motifs is 1. The Bertz CT molecular complexity index is 1530. The van der Waals surface area contributed by atoms with E-state index in [1.807, 2.05) is 25.1 Å². The van der Waals surface area contributed by atoms with Crippen molar-refractivity contribution in [3.05, 3.63) is 88.6 Å². The smallest absolute Gasteiger partial charge is 0.255 e. The number of hydrogen-bond acceptors (Lipinski definition) is 5. The van der Waals surface area contributed by atoms with Gasteiger partial charge in [-0.25, -0.2) is 8.42 Å². The number of benzene rings is 3. The lowest BCUT2D eigenvalue weighted by atomic mass is 10.1. The average molecular weight is 497 g/mol. The van der Waals surface area contributed by atoms with Crippen molar-refractivity contribution in [2.75, 3.05) is 16.9 Å². The lowest BCUT2D eigenvalue weighted by Gasteiger charge is -2.11. The molecule has 0 spiro atoms. The molecule has 4 rings (SSSR count). The Morgan fingerprint density at radius 1 is 1.00 bits per heavy atom. The summed E-state index contributed by atoms with van der Waals surface area (Å²) in [5.41, 5.74) is 3.55. The summed E-state index contributed by atoms with van der Waals surface area (Å²) >= 11 is 6.31. The molecule has 0 saturated carbocycles. The van der Waals surface area contributed by atoms with E-state index in [0.717, 1.165) is 28.4 Å². The van der Waals surface area contributed by atoms with Crippen LogP contribution in [0.1, 0.15) is 21.5 Å². The standard InChI is InChI=1S/C25H21ClN2O5S/c1-15-6-8-20-17(14-33-23(20)10-15)12-24(29)27-18-7-9-22(21(26)13-18)28-25(30)16-4-3-5-19(11-16)34(2,31)32/h3-11,13-14H,12H2,1-2H3,(H,27,29)(H,28,30). The van der Waals surface area contributed by atoms with Gasteiger partial charge >= 0.3 is 0 Å². The SMILES string of the molecule is Cc1ccc2c(CC(=O)Nc3ccc(NC(=O)c4cccc(S(C)(=O)=O)c4)c(Cl)c3)coc2c1. The number of carbonyl (C=O) groups is 2. The normalized spacial score (nSPS) is 11.4. The maximum atomic E-state index is 12.6. The van der Waals surface area contributed by atoms with Gasteiger partial charge in [0.1, 0.15) is 5.58 Å². The first-order chi connectivity index (χ1) is 16.1. The van der Waals surface area contributed by atoms with E-state index >= 15 is 0 Å². The van der Waals surface area contributed by atoms with E-state index in [-0.39, 0.29) is 27.8 Å². The van der Waals surface area contributed by atoms with Crippen molar-refractivity contribution in [2.24, 2.45) is 0 Å². The number of hydrogen-bond donors (Lipinski definition) is 2. The fraction of sp³-hybridized carbons (Fsp3) is 0.120. The molecule has 0 aliphatic heterocycles. The van der Waals surface area contributed by atoms with E-state index in [9.17, 15) is 18.0 Å². The molecule has 4 aromatic rings. The van der Waals surface area contributed by atoms with Crippen LogP contribution in [0.2, 0.25) is 5.02 Å². The first-order valence-corrected chi connectivity index (χ1v) is 12.5.